The first-order chi connectivity index (χ1) is 9.70. The van der Waals surface area contributed by atoms with E-state index in [1.807, 2.05) is 25.1 Å². The molecule has 1 saturated carbocycles. The molecule has 0 amide bonds. The Morgan fingerprint density at radius 3 is 2.85 bits per heavy atom. The summed E-state index contributed by atoms with van der Waals surface area (Å²) in [5.41, 5.74) is 2.00. The van der Waals surface area contributed by atoms with E-state index in [2.05, 4.69) is 15.3 Å². The van der Waals surface area contributed by atoms with Crippen LogP contribution >= 0.6 is 11.6 Å². The molecule has 0 unspecified atom stereocenters. The lowest BCUT2D eigenvalue weighted by Crippen LogP contribution is -2.16. The maximum atomic E-state index is 6.09. The van der Waals surface area contributed by atoms with Gasteiger partial charge in [-0.1, -0.05) is 17.7 Å². The maximum Gasteiger partial charge on any atom is 0.237 e. The molecule has 1 aliphatic rings. The van der Waals surface area contributed by atoms with Crippen LogP contribution < -0.4 is 10.1 Å². The van der Waals surface area contributed by atoms with Crippen LogP contribution in [0, 0.1) is 6.92 Å². The van der Waals surface area contributed by atoms with E-state index in [4.69, 9.17) is 16.3 Å². The molecule has 5 heteroatoms. The third-order valence-electron chi connectivity index (χ3n) is 3.13. The van der Waals surface area contributed by atoms with Crippen LogP contribution in [0.25, 0.3) is 0 Å². The molecule has 4 nitrogen and oxygen atoms in total. The molecule has 1 fully saturated rings. The topological polar surface area (TPSA) is 47.0 Å². The van der Waals surface area contributed by atoms with Gasteiger partial charge < -0.3 is 10.1 Å². The van der Waals surface area contributed by atoms with Crippen LogP contribution in [0.15, 0.2) is 30.6 Å². The van der Waals surface area contributed by atoms with Crippen LogP contribution in [0.3, 0.4) is 0 Å². The minimum Gasteiger partial charge on any atom is -0.436 e. The molecule has 1 N–H and O–H groups in total. The highest BCUT2D eigenvalue weighted by molar-refractivity contribution is 6.32. The number of hydrogen-bond acceptors (Lipinski definition) is 4. The van der Waals surface area contributed by atoms with Crippen molar-refractivity contribution in [2.24, 2.45) is 0 Å². The SMILES string of the molecule is Cc1ccc(Cl)c(Oc2cnc(CNC3CC3)cn2)c1. The van der Waals surface area contributed by atoms with E-state index in [-0.39, 0.29) is 0 Å². The van der Waals surface area contributed by atoms with Gasteiger partial charge in [0.15, 0.2) is 0 Å². The van der Waals surface area contributed by atoms with Crippen molar-refractivity contribution in [3.63, 3.8) is 0 Å². The molecule has 3 rings (SSSR count). The summed E-state index contributed by atoms with van der Waals surface area (Å²) < 4.78 is 5.66. The summed E-state index contributed by atoms with van der Waals surface area (Å²) in [5.74, 6) is 1.05. The van der Waals surface area contributed by atoms with Gasteiger partial charge in [0.25, 0.3) is 0 Å². The molecule has 1 aliphatic carbocycles. The van der Waals surface area contributed by atoms with Gasteiger partial charge in [0, 0.05) is 12.6 Å². The van der Waals surface area contributed by atoms with E-state index in [1.54, 1.807) is 12.4 Å². The van der Waals surface area contributed by atoms with Crippen molar-refractivity contribution in [2.45, 2.75) is 32.4 Å². The van der Waals surface area contributed by atoms with Gasteiger partial charge in [-0.25, -0.2) is 4.98 Å². The summed E-state index contributed by atoms with van der Waals surface area (Å²) in [7, 11) is 0. The Morgan fingerprint density at radius 2 is 2.15 bits per heavy atom. The van der Waals surface area contributed by atoms with E-state index in [9.17, 15) is 0 Å². The fraction of sp³-hybridized carbons (Fsp3) is 0.333. The quantitative estimate of drug-likeness (QED) is 0.915. The van der Waals surface area contributed by atoms with Crippen molar-refractivity contribution in [3.05, 3.63) is 46.9 Å². The lowest BCUT2D eigenvalue weighted by molar-refractivity contribution is 0.458. The second-order valence-electron chi connectivity index (χ2n) is 5.04. The average molecular weight is 290 g/mol. The summed E-state index contributed by atoms with van der Waals surface area (Å²) in [4.78, 5) is 8.59. The van der Waals surface area contributed by atoms with Gasteiger partial charge in [-0.15, -0.1) is 0 Å². The third-order valence-corrected chi connectivity index (χ3v) is 3.44. The number of halogens is 1. The van der Waals surface area contributed by atoms with Crippen molar-refractivity contribution in [1.82, 2.24) is 15.3 Å². The number of benzene rings is 1. The molecular formula is C15H16ClN3O. The maximum absolute atomic E-state index is 6.09. The van der Waals surface area contributed by atoms with Crippen LogP contribution in [0.4, 0.5) is 0 Å². The Bertz CT molecular complexity index is 597. The Kier molecular flexibility index (Phi) is 3.85. The number of aryl methyl sites for hydroxylation is 1. The molecule has 0 spiro atoms. The summed E-state index contributed by atoms with van der Waals surface area (Å²) in [6, 6.07) is 6.30. The average Bonchev–Trinajstić information content (AvgIpc) is 3.26. The predicted molar refractivity (Wildman–Crippen MR) is 78.2 cm³/mol. The van der Waals surface area contributed by atoms with Crippen molar-refractivity contribution >= 4 is 11.6 Å². The Hall–Kier alpha value is -1.65. The highest BCUT2D eigenvalue weighted by Crippen LogP contribution is 2.28. The molecular weight excluding hydrogens is 274 g/mol. The molecule has 2 aromatic rings. The fourth-order valence-corrected chi connectivity index (χ4v) is 1.98. The zero-order valence-electron chi connectivity index (χ0n) is 11.3. The summed E-state index contributed by atoms with van der Waals surface area (Å²) in [6.45, 7) is 2.74. The Balaban J connectivity index is 1.66. The van der Waals surface area contributed by atoms with E-state index in [0.29, 0.717) is 22.7 Å². The van der Waals surface area contributed by atoms with E-state index in [1.165, 1.54) is 12.8 Å². The molecule has 0 radical (unpaired) electrons. The number of aromatic nitrogens is 2. The first kappa shape index (κ1) is 13.3. The van der Waals surface area contributed by atoms with Gasteiger partial charge in [-0.05, 0) is 37.5 Å². The molecule has 1 heterocycles. The largest absolute Gasteiger partial charge is 0.436 e. The minimum absolute atomic E-state index is 0.452. The number of nitrogens with one attached hydrogen (secondary N) is 1. The summed E-state index contributed by atoms with van der Waals surface area (Å²) >= 11 is 6.09. The van der Waals surface area contributed by atoms with E-state index in [0.717, 1.165) is 17.8 Å². The lowest BCUT2D eigenvalue weighted by atomic mass is 10.2. The van der Waals surface area contributed by atoms with Crippen molar-refractivity contribution in [1.29, 1.82) is 0 Å². The zero-order chi connectivity index (χ0) is 13.9. The minimum atomic E-state index is 0.452. The van der Waals surface area contributed by atoms with Crippen LogP contribution in [0.5, 0.6) is 11.6 Å². The van der Waals surface area contributed by atoms with Gasteiger partial charge in [0.1, 0.15) is 5.75 Å². The molecule has 0 bridgehead atoms. The molecule has 0 atom stereocenters. The monoisotopic (exact) mass is 289 g/mol. The van der Waals surface area contributed by atoms with Crippen molar-refractivity contribution < 1.29 is 4.74 Å². The van der Waals surface area contributed by atoms with Gasteiger partial charge in [0.2, 0.25) is 5.88 Å². The fourth-order valence-electron chi connectivity index (χ4n) is 1.82. The number of ether oxygens (including phenoxy) is 1. The molecule has 20 heavy (non-hydrogen) atoms. The lowest BCUT2D eigenvalue weighted by Gasteiger charge is -2.08. The Morgan fingerprint density at radius 1 is 1.30 bits per heavy atom. The van der Waals surface area contributed by atoms with E-state index < -0.39 is 0 Å². The van der Waals surface area contributed by atoms with Crippen LogP contribution in [0.2, 0.25) is 5.02 Å². The van der Waals surface area contributed by atoms with Crippen LogP contribution in [-0.2, 0) is 6.54 Å². The molecule has 1 aromatic heterocycles. The molecule has 0 saturated heterocycles. The van der Waals surface area contributed by atoms with E-state index >= 15 is 0 Å². The highest BCUT2D eigenvalue weighted by atomic mass is 35.5. The number of hydrogen-bond donors (Lipinski definition) is 1. The smallest absolute Gasteiger partial charge is 0.237 e. The first-order valence-electron chi connectivity index (χ1n) is 6.69. The predicted octanol–water partition coefficient (Wildman–Crippen LogP) is 3.48. The molecule has 1 aromatic carbocycles. The Labute approximate surface area is 123 Å². The second-order valence-corrected chi connectivity index (χ2v) is 5.44. The van der Waals surface area contributed by atoms with Gasteiger partial charge in [-0.3, -0.25) is 4.98 Å². The summed E-state index contributed by atoms with van der Waals surface area (Å²) in [6.07, 6.45) is 5.89. The standard InChI is InChI=1S/C15H16ClN3O/c1-10-2-5-13(16)14(6-10)20-15-9-18-12(8-19-15)7-17-11-3-4-11/h2,5-6,8-9,11,17H,3-4,7H2,1H3. The summed E-state index contributed by atoms with van der Waals surface area (Å²) in [5, 5.41) is 3.96. The zero-order valence-corrected chi connectivity index (χ0v) is 12.0. The van der Waals surface area contributed by atoms with Gasteiger partial charge >= 0.3 is 0 Å². The number of rotatable bonds is 5. The second kappa shape index (κ2) is 5.77. The van der Waals surface area contributed by atoms with Crippen molar-refractivity contribution in [2.75, 3.05) is 0 Å². The van der Waals surface area contributed by atoms with Crippen LogP contribution in [0.1, 0.15) is 24.1 Å². The number of nitrogens with zero attached hydrogens (tertiary/aromatic N) is 2. The normalized spacial score (nSPS) is 14.3. The van der Waals surface area contributed by atoms with Crippen LogP contribution in [-0.4, -0.2) is 16.0 Å². The third kappa shape index (κ3) is 3.46. The van der Waals surface area contributed by atoms with Gasteiger partial charge in [-0.2, -0.15) is 0 Å². The van der Waals surface area contributed by atoms with Gasteiger partial charge in [0.05, 0.1) is 23.1 Å². The highest BCUT2D eigenvalue weighted by Gasteiger charge is 2.20. The molecule has 0 aliphatic heterocycles. The first-order valence-corrected chi connectivity index (χ1v) is 7.07. The molecule has 104 valence electrons. The van der Waals surface area contributed by atoms with Crippen molar-refractivity contribution in [3.8, 4) is 11.6 Å².